The number of nitrogens with one attached hydrogen (secondary N) is 1. The Hall–Kier alpha value is -1.03. The molecule has 1 aliphatic heterocycles. The first-order valence-electron chi connectivity index (χ1n) is 5.55. The summed E-state index contributed by atoms with van der Waals surface area (Å²) in [5, 5.41) is 3.33. The van der Waals surface area contributed by atoms with Crippen molar-refractivity contribution in [2.75, 3.05) is 11.1 Å². The molecular weight excluding hydrogens is 222 g/mol. The molecule has 1 aromatic carbocycles. The normalized spacial score (nSPS) is 22.3. The molecule has 1 atom stereocenters. The van der Waals surface area contributed by atoms with E-state index in [9.17, 15) is 8.42 Å². The van der Waals surface area contributed by atoms with Crippen LogP contribution in [0.2, 0.25) is 0 Å². The van der Waals surface area contributed by atoms with E-state index in [4.69, 9.17) is 0 Å². The van der Waals surface area contributed by atoms with Gasteiger partial charge in [0, 0.05) is 6.04 Å². The van der Waals surface area contributed by atoms with Crippen LogP contribution in [0.5, 0.6) is 0 Å². The number of aryl methyl sites for hydroxylation is 1. The van der Waals surface area contributed by atoms with Crippen LogP contribution in [0.25, 0.3) is 0 Å². The fraction of sp³-hybridized carbons (Fsp3) is 0.500. The third-order valence-corrected chi connectivity index (χ3v) is 5.15. The molecule has 3 nitrogen and oxygen atoms in total. The molecular formula is C12H17NO2S. The summed E-state index contributed by atoms with van der Waals surface area (Å²) in [4.78, 5) is 0.459. The molecule has 0 aromatic heterocycles. The lowest BCUT2D eigenvalue weighted by Crippen LogP contribution is -2.34. The molecule has 1 unspecified atom stereocenters. The number of rotatable bonds is 1. The zero-order chi connectivity index (χ0) is 11.9. The van der Waals surface area contributed by atoms with Gasteiger partial charge >= 0.3 is 0 Å². The van der Waals surface area contributed by atoms with Gasteiger partial charge in [-0.3, -0.25) is 0 Å². The second kappa shape index (κ2) is 3.77. The van der Waals surface area contributed by atoms with Crippen LogP contribution in [-0.4, -0.2) is 20.2 Å². The summed E-state index contributed by atoms with van der Waals surface area (Å²) < 4.78 is 24.1. The summed E-state index contributed by atoms with van der Waals surface area (Å²) in [5.74, 6) is 0.207. The Kier molecular flexibility index (Phi) is 2.70. The van der Waals surface area contributed by atoms with E-state index >= 15 is 0 Å². The maximum atomic E-state index is 12.1. The van der Waals surface area contributed by atoms with Gasteiger partial charge in [-0.2, -0.15) is 0 Å². The van der Waals surface area contributed by atoms with E-state index in [0.717, 1.165) is 23.2 Å². The molecule has 1 N–H and O–H groups in total. The lowest BCUT2D eigenvalue weighted by molar-refractivity contribution is 0.583. The maximum Gasteiger partial charge on any atom is 0.182 e. The van der Waals surface area contributed by atoms with Crippen molar-refractivity contribution < 1.29 is 8.42 Å². The van der Waals surface area contributed by atoms with Gasteiger partial charge in [0.1, 0.15) is 0 Å². The largest absolute Gasteiger partial charge is 0.380 e. The molecule has 0 saturated heterocycles. The van der Waals surface area contributed by atoms with Crippen LogP contribution >= 0.6 is 0 Å². The van der Waals surface area contributed by atoms with Gasteiger partial charge in [0.2, 0.25) is 0 Å². The molecule has 2 rings (SSSR count). The second-order valence-corrected chi connectivity index (χ2v) is 6.41. The van der Waals surface area contributed by atoms with Gasteiger partial charge in [-0.1, -0.05) is 13.0 Å². The lowest BCUT2D eigenvalue weighted by Gasteiger charge is -2.28. The predicted octanol–water partition coefficient (Wildman–Crippen LogP) is 2.28. The quantitative estimate of drug-likeness (QED) is 0.818. The average Bonchev–Trinajstić information content (AvgIpc) is 2.22. The molecule has 0 bridgehead atoms. The van der Waals surface area contributed by atoms with Gasteiger partial charge in [-0.05, 0) is 37.5 Å². The van der Waals surface area contributed by atoms with E-state index in [1.807, 2.05) is 26.8 Å². The molecule has 16 heavy (non-hydrogen) atoms. The monoisotopic (exact) mass is 239 g/mol. The van der Waals surface area contributed by atoms with Crippen LogP contribution in [0.15, 0.2) is 17.0 Å². The fourth-order valence-corrected chi connectivity index (χ4v) is 3.88. The van der Waals surface area contributed by atoms with E-state index in [0.29, 0.717) is 4.90 Å². The number of fused-ring (bicyclic) bond motifs is 1. The minimum Gasteiger partial charge on any atom is -0.380 e. The molecule has 0 saturated carbocycles. The topological polar surface area (TPSA) is 46.2 Å². The summed E-state index contributed by atoms with van der Waals surface area (Å²) in [7, 11) is -3.11. The number of hydrogen-bond acceptors (Lipinski definition) is 3. The van der Waals surface area contributed by atoms with Crippen molar-refractivity contribution in [1.82, 2.24) is 0 Å². The van der Waals surface area contributed by atoms with Gasteiger partial charge in [-0.25, -0.2) is 8.42 Å². The number of hydrogen-bond donors (Lipinski definition) is 1. The molecule has 0 aliphatic carbocycles. The van der Waals surface area contributed by atoms with E-state index in [-0.39, 0.29) is 11.8 Å². The summed E-state index contributed by atoms with van der Waals surface area (Å²) in [5.41, 5.74) is 2.97. The Labute approximate surface area is 96.8 Å². The molecule has 1 heterocycles. The molecule has 4 heteroatoms. The van der Waals surface area contributed by atoms with Crippen molar-refractivity contribution in [3.63, 3.8) is 0 Å². The van der Waals surface area contributed by atoms with Crippen molar-refractivity contribution >= 4 is 15.5 Å². The first kappa shape index (κ1) is 11.5. The van der Waals surface area contributed by atoms with Gasteiger partial charge in [-0.15, -0.1) is 0 Å². The Morgan fingerprint density at radius 3 is 2.69 bits per heavy atom. The van der Waals surface area contributed by atoms with E-state index < -0.39 is 9.84 Å². The summed E-state index contributed by atoms with van der Waals surface area (Å²) in [6.45, 7) is 5.97. The minimum atomic E-state index is -3.11. The standard InChI is InChI=1S/C12H17NO2S/c1-4-10-7-16(14,15)11-6-5-8(2)9(3)12(11)13-10/h5-6,10,13H,4,7H2,1-3H3. The Bertz CT molecular complexity index is 520. The van der Waals surface area contributed by atoms with Crippen molar-refractivity contribution in [3.8, 4) is 0 Å². The molecule has 0 radical (unpaired) electrons. The second-order valence-electron chi connectivity index (χ2n) is 4.41. The first-order chi connectivity index (χ1) is 7.45. The molecule has 88 valence electrons. The van der Waals surface area contributed by atoms with Gasteiger partial charge in [0.05, 0.1) is 16.3 Å². The first-order valence-corrected chi connectivity index (χ1v) is 7.20. The predicted molar refractivity (Wildman–Crippen MR) is 65.7 cm³/mol. The van der Waals surface area contributed by atoms with Gasteiger partial charge < -0.3 is 5.32 Å². The third-order valence-electron chi connectivity index (χ3n) is 3.29. The third kappa shape index (κ3) is 1.71. The SMILES string of the molecule is CCC1CS(=O)(=O)c2ccc(C)c(C)c2N1. The smallest absolute Gasteiger partial charge is 0.182 e. The summed E-state index contributed by atoms with van der Waals surface area (Å²) in [6, 6.07) is 3.63. The Balaban J connectivity index is 2.64. The molecule has 1 aliphatic rings. The highest BCUT2D eigenvalue weighted by Gasteiger charge is 2.30. The van der Waals surface area contributed by atoms with Gasteiger partial charge in [0.25, 0.3) is 0 Å². The van der Waals surface area contributed by atoms with Crippen molar-refractivity contribution in [2.24, 2.45) is 0 Å². The number of sulfone groups is 1. The van der Waals surface area contributed by atoms with Crippen molar-refractivity contribution in [3.05, 3.63) is 23.3 Å². The summed E-state index contributed by atoms with van der Waals surface area (Å²) in [6.07, 6.45) is 0.825. The Morgan fingerprint density at radius 2 is 2.06 bits per heavy atom. The minimum absolute atomic E-state index is 0.0398. The summed E-state index contributed by atoms with van der Waals surface area (Å²) >= 11 is 0. The fourth-order valence-electron chi connectivity index (χ4n) is 2.05. The van der Waals surface area contributed by atoms with Gasteiger partial charge in [0.15, 0.2) is 9.84 Å². The lowest BCUT2D eigenvalue weighted by atomic mass is 10.1. The van der Waals surface area contributed by atoms with Crippen LogP contribution in [0, 0.1) is 13.8 Å². The van der Waals surface area contributed by atoms with Crippen molar-refractivity contribution in [1.29, 1.82) is 0 Å². The van der Waals surface area contributed by atoms with Crippen LogP contribution in [-0.2, 0) is 9.84 Å². The van der Waals surface area contributed by atoms with Crippen molar-refractivity contribution in [2.45, 2.75) is 38.1 Å². The van der Waals surface area contributed by atoms with Crippen LogP contribution < -0.4 is 5.32 Å². The van der Waals surface area contributed by atoms with E-state index in [1.54, 1.807) is 6.07 Å². The van der Waals surface area contributed by atoms with Crippen LogP contribution in [0.1, 0.15) is 24.5 Å². The Morgan fingerprint density at radius 1 is 1.38 bits per heavy atom. The molecule has 1 aromatic rings. The zero-order valence-electron chi connectivity index (χ0n) is 9.87. The maximum absolute atomic E-state index is 12.1. The van der Waals surface area contributed by atoms with Crippen LogP contribution in [0.3, 0.4) is 0 Å². The van der Waals surface area contributed by atoms with E-state index in [2.05, 4.69) is 5.32 Å². The zero-order valence-corrected chi connectivity index (χ0v) is 10.7. The number of benzene rings is 1. The highest BCUT2D eigenvalue weighted by molar-refractivity contribution is 7.91. The average molecular weight is 239 g/mol. The number of anilines is 1. The van der Waals surface area contributed by atoms with E-state index in [1.165, 1.54) is 0 Å². The highest BCUT2D eigenvalue weighted by Crippen LogP contribution is 2.33. The molecule has 0 spiro atoms. The van der Waals surface area contributed by atoms with Crippen LogP contribution in [0.4, 0.5) is 5.69 Å². The molecule has 0 fully saturated rings. The molecule has 0 amide bonds. The highest BCUT2D eigenvalue weighted by atomic mass is 32.2.